The van der Waals surface area contributed by atoms with Gasteiger partial charge < -0.3 is 0 Å². The first-order valence-electron chi connectivity index (χ1n) is 11.7. The quantitative estimate of drug-likeness (QED) is 0.442. The summed E-state index contributed by atoms with van der Waals surface area (Å²) in [7, 11) is 0. The van der Waals surface area contributed by atoms with Gasteiger partial charge in [-0.15, -0.1) is 0 Å². The molecule has 1 aromatic rings. The summed E-state index contributed by atoms with van der Waals surface area (Å²) in [4.78, 5) is 0. The molecule has 3 saturated carbocycles. The Kier molecular flexibility index (Phi) is 6.41. The van der Waals surface area contributed by atoms with Crippen LogP contribution in [0.5, 0.6) is 0 Å². The summed E-state index contributed by atoms with van der Waals surface area (Å²) in [6.07, 6.45) is 13.4. The Bertz CT molecular complexity index is 687. The summed E-state index contributed by atoms with van der Waals surface area (Å²) in [6, 6.07) is 6.01. The van der Waals surface area contributed by atoms with Crippen molar-refractivity contribution >= 4 is 0 Å². The second-order valence-corrected chi connectivity index (χ2v) is 9.88. The van der Waals surface area contributed by atoms with E-state index in [2.05, 4.69) is 19.1 Å². The van der Waals surface area contributed by atoms with E-state index in [4.69, 9.17) is 0 Å². The molecule has 3 aliphatic carbocycles. The zero-order valence-corrected chi connectivity index (χ0v) is 17.6. The fraction of sp³-hybridized carbons (Fsp3) is 0.692. The van der Waals surface area contributed by atoms with Crippen LogP contribution < -0.4 is 0 Å². The lowest BCUT2D eigenvalue weighted by Gasteiger charge is -2.51. The Balaban J connectivity index is 1.35. The maximum atomic E-state index is 12.9. The first-order valence-corrected chi connectivity index (χ1v) is 11.7. The van der Waals surface area contributed by atoms with Crippen LogP contribution in [0.2, 0.25) is 0 Å². The van der Waals surface area contributed by atoms with E-state index in [9.17, 15) is 13.2 Å². The van der Waals surface area contributed by atoms with Crippen LogP contribution in [0.3, 0.4) is 0 Å². The third-order valence-corrected chi connectivity index (χ3v) is 8.34. The number of hydrogen-bond donors (Lipinski definition) is 0. The van der Waals surface area contributed by atoms with E-state index in [0.29, 0.717) is 5.92 Å². The third kappa shape index (κ3) is 4.75. The predicted octanol–water partition coefficient (Wildman–Crippen LogP) is 8.39. The Labute approximate surface area is 174 Å². The number of alkyl halides is 3. The monoisotopic (exact) mass is 404 g/mol. The predicted molar refractivity (Wildman–Crippen MR) is 113 cm³/mol. The van der Waals surface area contributed by atoms with Gasteiger partial charge in [0.15, 0.2) is 0 Å². The summed E-state index contributed by atoms with van der Waals surface area (Å²) < 4.78 is 38.6. The molecule has 6 unspecified atom stereocenters. The number of halogens is 3. The highest BCUT2D eigenvalue weighted by atomic mass is 19.4. The van der Waals surface area contributed by atoms with Gasteiger partial charge in [-0.1, -0.05) is 30.7 Å². The van der Waals surface area contributed by atoms with Crippen molar-refractivity contribution in [1.29, 1.82) is 0 Å². The largest absolute Gasteiger partial charge is 0.416 e. The Morgan fingerprint density at radius 1 is 0.862 bits per heavy atom. The lowest BCUT2D eigenvalue weighted by atomic mass is 9.55. The Morgan fingerprint density at radius 3 is 2.17 bits per heavy atom. The molecule has 29 heavy (non-hydrogen) atoms. The van der Waals surface area contributed by atoms with E-state index >= 15 is 0 Å². The van der Waals surface area contributed by atoms with Crippen molar-refractivity contribution in [3.05, 3.63) is 47.5 Å². The van der Waals surface area contributed by atoms with Gasteiger partial charge in [0, 0.05) is 0 Å². The van der Waals surface area contributed by atoms with Crippen molar-refractivity contribution in [2.45, 2.75) is 83.2 Å². The van der Waals surface area contributed by atoms with Crippen LogP contribution in [0.4, 0.5) is 13.2 Å². The van der Waals surface area contributed by atoms with E-state index in [1.807, 2.05) is 0 Å². The summed E-state index contributed by atoms with van der Waals surface area (Å²) in [5.41, 5.74) is 0.591. The second kappa shape index (κ2) is 8.86. The average molecular weight is 405 g/mol. The van der Waals surface area contributed by atoms with E-state index < -0.39 is 11.7 Å². The molecule has 3 heteroatoms. The van der Waals surface area contributed by atoms with Crippen molar-refractivity contribution in [3.63, 3.8) is 0 Å². The van der Waals surface area contributed by atoms with Gasteiger partial charge in [0.2, 0.25) is 0 Å². The van der Waals surface area contributed by atoms with E-state index in [-0.39, 0.29) is 0 Å². The van der Waals surface area contributed by atoms with Gasteiger partial charge in [-0.3, -0.25) is 0 Å². The number of hydrogen-bond acceptors (Lipinski definition) is 0. The van der Waals surface area contributed by atoms with Crippen molar-refractivity contribution in [1.82, 2.24) is 0 Å². The zero-order valence-electron chi connectivity index (χ0n) is 17.6. The maximum absolute atomic E-state index is 12.9. The normalized spacial score (nSPS) is 35.3. The average Bonchev–Trinajstić information content (AvgIpc) is 2.73. The SMILES string of the molecule is CC=CCCC1CCC2C(CCC3CC(c4ccc(C(F)(F)F)cc4)CCC32)C1. The van der Waals surface area contributed by atoms with Crippen LogP contribution in [-0.2, 0) is 6.18 Å². The first kappa shape index (κ1) is 21.0. The molecule has 0 radical (unpaired) electrons. The molecule has 3 aliphatic rings. The van der Waals surface area contributed by atoms with Crippen LogP contribution in [0.25, 0.3) is 0 Å². The van der Waals surface area contributed by atoms with Gasteiger partial charge in [0.1, 0.15) is 0 Å². The van der Waals surface area contributed by atoms with E-state index in [1.165, 1.54) is 69.9 Å². The molecule has 6 atom stereocenters. The van der Waals surface area contributed by atoms with Crippen LogP contribution in [0, 0.1) is 29.6 Å². The molecule has 160 valence electrons. The first-order chi connectivity index (χ1) is 14.0. The van der Waals surface area contributed by atoms with Gasteiger partial charge in [0.25, 0.3) is 0 Å². The lowest BCUT2D eigenvalue weighted by Crippen LogP contribution is -2.41. The molecule has 0 aromatic heterocycles. The summed E-state index contributed by atoms with van der Waals surface area (Å²) >= 11 is 0. The molecular weight excluding hydrogens is 369 g/mol. The summed E-state index contributed by atoms with van der Waals surface area (Å²) in [6.45, 7) is 2.11. The standard InChI is InChI=1S/C26H35F3/c1-2-3-4-5-18-6-14-24-21(16-18)7-8-22-17-20(11-15-25(22)24)19-9-12-23(13-10-19)26(27,28)29/h2-3,9-10,12-13,18,20-22,24-25H,4-8,11,14-17H2,1H3. The zero-order chi connectivity index (χ0) is 20.4. The van der Waals surface area contributed by atoms with Gasteiger partial charge in [-0.2, -0.15) is 13.2 Å². The van der Waals surface area contributed by atoms with Gasteiger partial charge >= 0.3 is 6.18 Å². The van der Waals surface area contributed by atoms with Crippen LogP contribution in [0.15, 0.2) is 36.4 Å². The summed E-state index contributed by atoms with van der Waals surface area (Å²) in [5, 5.41) is 0. The third-order valence-electron chi connectivity index (χ3n) is 8.34. The molecule has 0 amide bonds. The minimum atomic E-state index is -4.24. The maximum Gasteiger partial charge on any atom is 0.416 e. The fourth-order valence-corrected chi connectivity index (χ4v) is 6.90. The van der Waals surface area contributed by atoms with Crippen LogP contribution in [-0.4, -0.2) is 0 Å². The van der Waals surface area contributed by atoms with E-state index in [0.717, 1.165) is 41.6 Å². The summed E-state index contributed by atoms with van der Waals surface area (Å²) in [5.74, 6) is 4.89. The molecule has 0 heterocycles. The number of rotatable bonds is 4. The lowest BCUT2D eigenvalue weighted by molar-refractivity contribution is -0.137. The van der Waals surface area contributed by atoms with Crippen molar-refractivity contribution in [3.8, 4) is 0 Å². The van der Waals surface area contributed by atoms with Gasteiger partial charge in [-0.25, -0.2) is 0 Å². The van der Waals surface area contributed by atoms with Crippen LogP contribution in [0.1, 0.15) is 88.2 Å². The van der Waals surface area contributed by atoms with Gasteiger partial charge in [0.05, 0.1) is 5.56 Å². The topological polar surface area (TPSA) is 0 Å². The molecule has 4 rings (SSSR count). The van der Waals surface area contributed by atoms with Crippen molar-refractivity contribution < 1.29 is 13.2 Å². The molecule has 0 saturated heterocycles. The molecule has 3 fully saturated rings. The smallest absolute Gasteiger partial charge is 0.166 e. The highest BCUT2D eigenvalue weighted by Gasteiger charge is 2.44. The molecular formula is C26H35F3. The Hall–Kier alpha value is -1.25. The highest BCUT2D eigenvalue weighted by Crippen LogP contribution is 2.55. The highest BCUT2D eigenvalue weighted by molar-refractivity contribution is 5.27. The molecule has 0 bridgehead atoms. The van der Waals surface area contributed by atoms with Crippen LogP contribution >= 0.6 is 0 Å². The minimum Gasteiger partial charge on any atom is -0.166 e. The van der Waals surface area contributed by atoms with Crippen molar-refractivity contribution in [2.24, 2.45) is 29.6 Å². The molecule has 0 N–H and O–H groups in total. The molecule has 1 aromatic carbocycles. The number of benzene rings is 1. The number of allylic oxidation sites excluding steroid dienone is 2. The van der Waals surface area contributed by atoms with Crippen molar-refractivity contribution in [2.75, 3.05) is 0 Å². The van der Waals surface area contributed by atoms with E-state index in [1.54, 1.807) is 12.1 Å². The molecule has 0 aliphatic heterocycles. The second-order valence-electron chi connectivity index (χ2n) is 9.88. The van der Waals surface area contributed by atoms with Gasteiger partial charge in [-0.05, 0) is 118 Å². The molecule has 0 spiro atoms. The molecule has 0 nitrogen and oxygen atoms in total. The number of fused-ring (bicyclic) bond motifs is 3. The Morgan fingerprint density at radius 2 is 1.52 bits per heavy atom. The fourth-order valence-electron chi connectivity index (χ4n) is 6.90. The minimum absolute atomic E-state index is 0.451.